The number of hydrogen-bond acceptors (Lipinski definition) is 0. The first-order valence-electron chi connectivity index (χ1n) is 2.57. The summed E-state index contributed by atoms with van der Waals surface area (Å²) in [4.78, 5) is 0. The molecule has 0 saturated carbocycles. The van der Waals surface area contributed by atoms with E-state index in [-0.39, 0.29) is 0 Å². The largest absolute Gasteiger partial charge is 0.207 e. The van der Waals surface area contributed by atoms with Gasteiger partial charge in [-0.15, -0.1) is 0 Å². The van der Waals surface area contributed by atoms with Gasteiger partial charge in [0.2, 0.25) is 0 Å². The van der Waals surface area contributed by atoms with Crippen LogP contribution in [0.3, 0.4) is 0 Å². The summed E-state index contributed by atoms with van der Waals surface area (Å²) in [6, 6.07) is 0. The maximum Gasteiger partial charge on any atom is 0.192 e. The minimum atomic E-state index is -0.750. The van der Waals surface area contributed by atoms with Crippen molar-refractivity contribution >= 4 is 22.6 Å². The van der Waals surface area contributed by atoms with Gasteiger partial charge in [0.25, 0.3) is 0 Å². The van der Waals surface area contributed by atoms with Gasteiger partial charge in [0.05, 0.1) is 0 Å². The molecule has 0 spiro atoms. The second-order valence-electron chi connectivity index (χ2n) is 2.82. The molecular formula is C6H9F2I. The van der Waals surface area contributed by atoms with Gasteiger partial charge in [-0.1, -0.05) is 20.8 Å². The van der Waals surface area contributed by atoms with Crippen molar-refractivity contribution in [3.63, 3.8) is 0 Å². The van der Waals surface area contributed by atoms with Crippen molar-refractivity contribution in [3.05, 3.63) is 9.66 Å². The van der Waals surface area contributed by atoms with Crippen molar-refractivity contribution in [2.24, 2.45) is 5.41 Å². The van der Waals surface area contributed by atoms with Crippen LogP contribution in [0.1, 0.15) is 20.8 Å². The molecule has 0 amide bonds. The van der Waals surface area contributed by atoms with Crippen LogP contribution in [0.25, 0.3) is 0 Å². The maximum atomic E-state index is 12.5. The summed E-state index contributed by atoms with van der Waals surface area (Å²) < 4.78 is 23.9. The van der Waals surface area contributed by atoms with E-state index in [9.17, 15) is 8.78 Å². The van der Waals surface area contributed by atoms with E-state index in [0.29, 0.717) is 0 Å². The third-order valence-electron chi connectivity index (χ3n) is 0.824. The summed E-state index contributed by atoms with van der Waals surface area (Å²) in [5.41, 5.74) is -0.689. The van der Waals surface area contributed by atoms with Gasteiger partial charge in [0.15, 0.2) is 3.83 Å². The summed E-state index contributed by atoms with van der Waals surface area (Å²) in [5.74, 6) is -0.678. The zero-order chi connectivity index (χ0) is 7.65. The molecule has 0 bridgehead atoms. The molecule has 0 aromatic heterocycles. The molecule has 0 radical (unpaired) electrons. The first kappa shape index (κ1) is 9.33. The van der Waals surface area contributed by atoms with E-state index in [0.717, 1.165) is 0 Å². The van der Waals surface area contributed by atoms with Crippen molar-refractivity contribution in [2.75, 3.05) is 0 Å². The van der Waals surface area contributed by atoms with Crippen molar-refractivity contribution < 1.29 is 8.78 Å². The molecule has 0 unspecified atom stereocenters. The number of allylic oxidation sites excluding steroid dienone is 1. The monoisotopic (exact) mass is 246 g/mol. The fourth-order valence-corrected chi connectivity index (χ4v) is 1.09. The first-order valence-corrected chi connectivity index (χ1v) is 3.65. The molecule has 0 aromatic carbocycles. The summed E-state index contributed by atoms with van der Waals surface area (Å²) in [6.45, 7) is 4.88. The Balaban J connectivity index is 4.40. The Morgan fingerprint density at radius 3 is 1.56 bits per heavy atom. The molecule has 3 heteroatoms. The Bertz CT molecular complexity index is 128. The highest BCUT2D eigenvalue weighted by Gasteiger charge is 2.20. The smallest absolute Gasteiger partial charge is 0.192 e. The topological polar surface area (TPSA) is 0 Å². The number of halogens is 3. The van der Waals surface area contributed by atoms with Gasteiger partial charge < -0.3 is 0 Å². The quantitative estimate of drug-likeness (QED) is 0.573. The summed E-state index contributed by atoms with van der Waals surface area (Å²) >= 11 is 1.33. The minimum Gasteiger partial charge on any atom is -0.207 e. The predicted molar refractivity (Wildman–Crippen MR) is 42.7 cm³/mol. The lowest BCUT2D eigenvalue weighted by Crippen LogP contribution is -2.05. The minimum absolute atomic E-state index is 0.678. The van der Waals surface area contributed by atoms with E-state index in [1.165, 1.54) is 22.6 Å². The highest BCUT2D eigenvalue weighted by atomic mass is 127. The van der Waals surface area contributed by atoms with Gasteiger partial charge in [-0.2, -0.15) is 4.39 Å². The van der Waals surface area contributed by atoms with Crippen LogP contribution in [-0.4, -0.2) is 0 Å². The molecule has 0 saturated heterocycles. The molecule has 0 fully saturated rings. The van der Waals surface area contributed by atoms with Crippen molar-refractivity contribution in [3.8, 4) is 0 Å². The first-order chi connectivity index (χ1) is 3.85. The lowest BCUT2D eigenvalue weighted by molar-refractivity contribution is 0.367. The SMILES string of the molecule is CC(C)(C)/C(F)=C(/F)I. The molecule has 9 heavy (non-hydrogen) atoms. The molecule has 54 valence electrons. The normalized spacial score (nSPS) is 15.3. The van der Waals surface area contributed by atoms with Crippen LogP contribution in [0.2, 0.25) is 0 Å². The van der Waals surface area contributed by atoms with Gasteiger partial charge in [-0.05, 0) is 22.6 Å². The number of rotatable bonds is 0. The molecule has 0 aliphatic rings. The summed E-state index contributed by atoms with van der Waals surface area (Å²) in [6.07, 6.45) is 0. The highest BCUT2D eigenvalue weighted by molar-refractivity contribution is 14.1. The van der Waals surface area contributed by atoms with Crippen molar-refractivity contribution in [1.29, 1.82) is 0 Å². The van der Waals surface area contributed by atoms with Gasteiger partial charge in [0, 0.05) is 5.41 Å². The molecule has 0 aliphatic heterocycles. The van der Waals surface area contributed by atoms with Crippen LogP contribution in [-0.2, 0) is 0 Å². The van der Waals surface area contributed by atoms with E-state index in [1.54, 1.807) is 20.8 Å². The lowest BCUT2D eigenvalue weighted by atomic mass is 9.96. The van der Waals surface area contributed by atoms with Crippen molar-refractivity contribution in [1.82, 2.24) is 0 Å². The van der Waals surface area contributed by atoms with Crippen LogP contribution in [0.5, 0.6) is 0 Å². The number of hydrogen-bond donors (Lipinski definition) is 0. The van der Waals surface area contributed by atoms with Crippen LogP contribution in [0.15, 0.2) is 9.66 Å². The van der Waals surface area contributed by atoms with E-state index >= 15 is 0 Å². The maximum absolute atomic E-state index is 12.5. The molecule has 0 N–H and O–H groups in total. The van der Waals surface area contributed by atoms with Crippen LogP contribution < -0.4 is 0 Å². The van der Waals surface area contributed by atoms with E-state index in [4.69, 9.17) is 0 Å². The molecule has 0 nitrogen and oxygen atoms in total. The zero-order valence-electron chi connectivity index (χ0n) is 5.63. The molecule has 0 heterocycles. The fraction of sp³-hybridized carbons (Fsp3) is 0.667. The second kappa shape index (κ2) is 2.94. The molecular weight excluding hydrogens is 237 g/mol. The predicted octanol–water partition coefficient (Wildman–Crippen LogP) is 3.58. The van der Waals surface area contributed by atoms with Crippen LogP contribution in [0.4, 0.5) is 8.78 Å². The Hall–Kier alpha value is 0.330. The van der Waals surface area contributed by atoms with Gasteiger partial charge in [-0.3, -0.25) is 0 Å². The van der Waals surface area contributed by atoms with Gasteiger partial charge in [0.1, 0.15) is 5.83 Å². The molecule has 0 aromatic rings. The Morgan fingerprint density at radius 1 is 1.22 bits per heavy atom. The summed E-state index contributed by atoms with van der Waals surface area (Å²) in [7, 11) is 0. The van der Waals surface area contributed by atoms with E-state index in [2.05, 4.69) is 0 Å². The van der Waals surface area contributed by atoms with Crippen LogP contribution >= 0.6 is 22.6 Å². The Morgan fingerprint density at radius 2 is 1.56 bits per heavy atom. The summed E-state index contributed by atoms with van der Waals surface area (Å²) in [5, 5.41) is 0. The van der Waals surface area contributed by atoms with E-state index in [1.807, 2.05) is 0 Å². The third-order valence-corrected chi connectivity index (χ3v) is 1.30. The average molecular weight is 246 g/mol. The third kappa shape index (κ3) is 3.13. The lowest BCUT2D eigenvalue weighted by Gasteiger charge is -2.14. The zero-order valence-corrected chi connectivity index (χ0v) is 7.79. The molecule has 0 aliphatic carbocycles. The van der Waals surface area contributed by atoms with Gasteiger partial charge in [-0.25, -0.2) is 4.39 Å². The second-order valence-corrected chi connectivity index (χ2v) is 3.77. The highest BCUT2D eigenvalue weighted by Crippen LogP contribution is 2.31. The average Bonchev–Trinajstić information content (AvgIpc) is 1.62. The van der Waals surface area contributed by atoms with Crippen molar-refractivity contribution in [2.45, 2.75) is 20.8 Å². The molecule has 0 rings (SSSR count). The van der Waals surface area contributed by atoms with Crippen LogP contribution in [0, 0.1) is 5.41 Å². The van der Waals surface area contributed by atoms with Gasteiger partial charge >= 0.3 is 0 Å². The fourth-order valence-electron chi connectivity index (χ4n) is 0.283. The Labute approximate surface area is 67.5 Å². The molecule has 0 atom stereocenters. The van der Waals surface area contributed by atoms with E-state index < -0.39 is 15.1 Å². The Kier molecular flexibility index (Phi) is 3.05. The standard InChI is InChI=1S/C6H9F2I/c1-6(2,3)4(7)5(8)9/h1-3H3/b5-4+.